The van der Waals surface area contributed by atoms with Crippen molar-refractivity contribution in [1.82, 2.24) is 0 Å². The summed E-state index contributed by atoms with van der Waals surface area (Å²) in [5.74, 6) is 0. The SMILES string of the molecule is C[Si](C)(C)O[C@@H]1[C@@H](O[Si](C)(C)C)[C@H](CO)O[C@@H](O)[C@H]1O[Si](C)(C)C. The molecule has 2 N–H and O–H groups in total. The van der Waals surface area contributed by atoms with Gasteiger partial charge >= 0.3 is 0 Å². The molecule has 0 bridgehead atoms. The molecule has 1 rings (SSSR count). The third kappa shape index (κ3) is 7.34. The number of rotatable bonds is 7. The molecule has 24 heavy (non-hydrogen) atoms. The second-order valence-corrected chi connectivity index (χ2v) is 22.7. The minimum absolute atomic E-state index is 0.225. The summed E-state index contributed by atoms with van der Waals surface area (Å²) in [5, 5.41) is 20.2. The molecule has 1 heterocycles. The molecule has 0 radical (unpaired) electrons. The van der Waals surface area contributed by atoms with Gasteiger partial charge in [-0.15, -0.1) is 0 Å². The van der Waals surface area contributed by atoms with Crippen molar-refractivity contribution in [3.8, 4) is 0 Å². The van der Waals surface area contributed by atoms with Gasteiger partial charge in [-0.2, -0.15) is 0 Å². The van der Waals surface area contributed by atoms with E-state index in [0.717, 1.165) is 0 Å². The number of hydrogen-bond donors (Lipinski definition) is 2. The molecule has 0 aromatic heterocycles. The van der Waals surface area contributed by atoms with Gasteiger partial charge in [-0.05, 0) is 58.9 Å². The third-order valence-corrected chi connectivity index (χ3v) is 6.20. The van der Waals surface area contributed by atoms with Crippen molar-refractivity contribution >= 4 is 25.0 Å². The molecular formula is C15H36O6Si3. The Labute approximate surface area is 149 Å². The summed E-state index contributed by atoms with van der Waals surface area (Å²) in [4.78, 5) is 0. The van der Waals surface area contributed by atoms with Gasteiger partial charge in [0.25, 0.3) is 0 Å². The molecule has 144 valence electrons. The van der Waals surface area contributed by atoms with Crippen LogP contribution in [0.2, 0.25) is 58.9 Å². The van der Waals surface area contributed by atoms with Crippen molar-refractivity contribution in [3.05, 3.63) is 0 Å². The lowest BCUT2D eigenvalue weighted by Crippen LogP contribution is -2.65. The molecule has 1 aliphatic rings. The first kappa shape index (κ1) is 22.5. The van der Waals surface area contributed by atoms with Gasteiger partial charge in [0.1, 0.15) is 24.4 Å². The molecule has 9 heteroatoms. The molecule has 0 aliphatic carbocycles. The van der Waals surface area contributed by atoms with Gasteiger partial charge < -0.3 is 28.2 Å². The fourth-order valence-electron chi connectivity index (χ4n) is 2.67. The first-order valence-corrected chi connectivity index (χ1v) is 18.8. The van der Waals surface area contributed by atoms with Gasteiger partial charge in [0, 0.05) is 0 Å². The van der Waals surface area contributed by atoms with E-state index < -0.39 is 55.7 Å². The summed E-state index contributed by atoms with van der Waals surface area (Å²) in [6.07, 6.45) is -3.24. The molecule has 0 aromatic rings. The van der Waals surface area contributed by atoms with E-state index in [1.165, 1.54) is 0 Å². The zero-order chi connectivity index (χ0) is 18.9. The van der Waals surface area contributed by atoms with Gasteiger partial charge in [0.2, 0.25) is 0 Å². The van der Waals surface area contributed by atoms with Crippen molar-refractivity contribution in [2.24, 2.45) is 0 Å². The summed E-state index contributed by atoms with van der Waals surface area (Å²) in [6, 6.07) is 0. The first-order valence-electron chi connectivity index (χ1n) is 8.61. The van der Waals surface area contributed by atoms with Crippen molar-refractivity contribution in [1.29, 1.82) is 0 Å². The molecule has 1 aliphatic heterocycles. The summed E-state index contributed by atoms with van der Waals surface area (Å²) in [5.41, 5.74) is 0. The van der Waals surface area contributed by atoms with E-state index in [9.17, 15) is 10.2 Å². The lowest BCUT2D eigenvalue weighted by molar-refractivity contribution is -0.275. The summed E-state index contributed by atoms with van der Waals surface area (Å²) in [7, 11) is -5.78. The van der Waals surface area contributed by atoms with Gasteiger partial charge in [-0.3, -0.25) is 0 Å². The minimum atomic E-state index is -1.94. The number of aliphatic hydroxyl groups excluding tert-OH is 2. The van der Waals surface area contributed by atoms with E-state index in [-0.39, 0.29) is 6.61 Å². The van der Waals surface area contributed by atoms with E-state index in [0.29, 0.717) is 0 Å². The third-order valence-electron chi connectivity index (χ3n) is 3.26. The Morgan fingerprint density at radius 1 is 0.708 bits per heavy atom. The number of hydrogen-bond acceptors (Lipinski definition) is 6. The highest BCUT2D eigenvalue weighted by Gasteiger charge is 2.50. The Morgan fingerprint density at radius 2 is 1.08 bits per heavy atom. The smallest absolute Gasteiger partial charge is 0.184 e. The molecule has 0 spiro atoms. The minimum Gasteiger partial charge on any atom is -0.409 e. The highest BCUT2D eigenvalue weighted by Crippen LogP contribution is 2.32. The van der Waals surface area contributed by atoms with E-state index in [1.54, 1.807) is 0 Å². The first-order chi connectivity index (χ1) is 10.6. The topological polar surface area (TPSA) is 77.4 Å². The predicted molar refractivity (Wildman–Crippen MR) is 103 cm³/mol. The molecular weight excluding hydrogens is 360 g/mol. The van der Waals surface area contributed by atoms with Crippen molar-refractivity contribution in [2.75, 3.05) is 6.61 Å². The van der Waals surface area contributed by atoms with Gasteiger partial charge in [0.05, 0.1) is 6.61 Å². The second-order valence-electron chi connectivity index (χ2n) is 9.33. The number of aliphatic hydroxyl groups is 2. The fraction of sp³-hybridized carbons (Fsp3) is 1.00. The maximum Gasteiger partial charge on any atom is 0.184 e. The average Bonchev–Trinajstić information content (AvgIpc) is 2.32. The van der Waals surface area contributed by atoms with E-state index in [4.69, 9.17) is 18.0 Å². The van der Waals surface area contributed by atoms with Crippen LogP contribution in [0.3, 0.4) is 0 Å². The van der Waals surface area contributed by atoms with Crippen LogP contribution in [0.1, 0.15) is 0 Å². The Morgan fingerprint density at radius 3 is 1.46 bits per heavy atom. The molecule has 0 amide bonds. The van der Waals surface area contributed by atoms with Crippen LogP contribution >= 0.6 is 0 Å². The molecule has 1 saturated heterocycles. The Bertz CT molecular complexity index is 401. The zero-order valence-corrected chi connectivity index (χ0v) is 19.6. The summed E-state index contributed by atoms with van der Waals surface area (Å²) in [6.45, 7) is 18.5. The summed E-state index contributed by atoms with van der Waals surface area (Å²) < 4.78 is 24.5. The average molecular weight is 397 g/mol. The normalized spacial score (nSPS) is 32.9. The summed E-state index contributed by atoms with van der Waals surface area (Å²) >= 11 is 0. The Hall–Kier alpha value is 0.411. The highest BCUT2D eigenvalue weighted by atomic mass is 28.4. The molecule has 5 atom stereocenters. The Kier molecular flexibility index (Phi) is 7.46. The van der Waals surface area contributed by atoms with Gasteiger partial charge in [0.15, 0.2) is 31.2 Å². The molecule has 1 fully saturated rings. The van der Waals surface area contributed by atoms with Crippen LogP contribution in [0.15, 0.2) is 0 Å². The molecule has 0 unspecified atom stereocenters. The van der Waals surface area contributed by atoms with Crippen LogP contribution in [0.4, 0.5) is 0 Å². The van der Waals surface area contributed by atoms with Crippen LogP contribution < -0.4 is 0 Å². The highest BCUT2D eigenvalue weighted by molar-refractivity contribution is 6.70. The van der Waals surface area contributed by atoms with E-state index >= 15 is 0 Å². The lowest BCUT2D eigenvalue weighted by Gasteiger charge is -2.49. The molecule has 0 aromatic carbocycles. The van der Waals surface area contributed by atoms with Crippen LogP contribution in [0, 0.1) is 0 Å². The maximum atomic E-state index is 10.5. The van der Waals surface area contributed by atoms with Crippen LogP contribution in [0.25, 0.3) is 0 Å². The van der Waals surface area contributed by atoms with Crippen molar-refractivity contribution < 1.29 is 28.2 Å². The second kappa shape index (κ2) is 7.97. The van der Waals surface area contributed by atoms with E-state index in [1.807, 2.05) is 0 Å². The van der Waals surface area contributed by atoms with Crippen LogP contribution in [-0.4, -0.2) is 72.5 Å². The van der Waals surface area contributed by atoms with Gasteiger partial charge in [-0.1, -0.05) is 0 Å². The monoisotopic (exact) mass is 396 g/mol. The van der Waals surface area contributed by atoms with E-state index in [2.05, 4.69) is 58.9 Å². The van der Waals surface area contributed by atoms with Crippen LogP contribution in [0.5, 0.6) is 0 Å². The standard InChI is InChI=1S/C15H36O6Si3/c1-22(2,3)19-12-11(10-16)18-15(17)14(21-24(7,8)9)13(12)20-23(4,5)6/h11-17H,10H2,1-9H3/t11-,12-,13+,14-,15+/m0/s1. The zero-order valence-electron chi connectivity index (χ0n) is 16.6. The predicted octanol–water partition coefficient (Wildman–Crippen LogP) is 2.36. The van der Waals surface area contributed by atoms with Crippen molar-refractivity contribution in [3.63, 3.8) is 0 Å². The molecule has 0 saturated carbocycles. The maximum absolute atomic E-state index is 10.5. The van der Waals surface area contributed by atoms with Crippen LogP contribution in [-0.2, 0) is 18.0 Å². The van der Waals surface area contributed by atoms with Gasteiger partial charge in [-0.25, -0.2) is 0 Å². The lowest BCUT2D eigenvalue weighted by atomic mass is 9.99. The quantitative estimate of drug-likeness (QED) is 0.643. The molecule has 6 nitrogen and oxygen atoms in total. The largest absolute Gasteiger partial charge is 0.409 e. The number of ether oxygens (including phenoxy) is 1. The Balaban J connectivity index is 3.20. The van der Waals surface area contributed by atoms with Crippen molar-refractivity contribution in [2.45, 2.75) is 89.6 Å². The fourth-order valence-corrected chi connectivity index (χ4v) is 5.92.